The molecule has 2 amide bonds. The first-order valence-electron chi connectivity index (χ1n) is 12.5. The number of rotatable bonds is 4. The highest BCUT2D eigenvalue weighted by atomic mass is 16.6. The Bertz CT molecular complexity index is 1620. The molecule has 3 aromatic carbocycles. The fourth-order valence-electron chi connectivity index (χ4n) is 6.23. The van der Waals surface area contributed by atoms with Gasteiger partial charge < -0.3 is 14.4 Å². The van der Waals surface area contributed by atoms with Gasteiger partial charge in [0.2, 0.25) is 11.8 Å². The van der Waals surface area contributed by atoms with Crippen LogP contribution in [0.3, 0.4) is 0 Å². The Kier molecular flexibility index (Phi) is 5.06. The number of hydrogen-bond donors (Lipinski definition) is 0. The van der Waals surface area contributed by atoms with Gasteiger partial charge in [-0.15, -0.1) is 0 Å². The number of nitro benzene ring substituents is 1. The second-order valence-corrected chi connectivity index (χ2v) is 9.84. The number of carbonyl (C=O) groups is 3. The molecule has 0 spiro atoms. The van der Waals surface area contributed by atoms with Crippen LogP contribution in [0.4, 0.5) is 11.4 Å². The smallest absolute Gasteiger partial charge is 0.270 e. The second kappa shape index (κ2) is 8.52. The quantitative estimate of drug-likeness (QED) is 0.219. The Hall–Kier alpha value is -4.99. The summed E-state index contributed by atoms with van der Waals surface area (Å²) in [7, 11) is 0. The van der Waals surface area contributed by atoms with E-state index >= 15 is 0 Å². The van der Waals surface area contributed by atoms with E-state index in [1.807, 2.05) is 30.3 Å². The lowest BCUT2D eigenvalue weighted by Crippen LogP contribution is -2.44. The molecule has 39 heavy (non-hydrogen) atoms. The molecule has 7 rings (SSSR count). The van der Waals surface area contributed by atoms with Gasteiger partial charge in [0.15, 0.2) is 17.3 Å². The summed E-state index contributed by atoms with van der Waals surface area (Å²) in [4.78, 5) is 55.9. The van der Waals surface area contributed by atoms with Gasteiger partial charge in [0.25, 0.3) is 5.69 Å². The highest BCUT2D eigenvalue weighted by molar-refractivity contribution is 6.24. The van der Waals surface area contributed by atoms with E-state index in [9.17, 15) is 24.5 Å². The summed E-state index contributed by atoms with van der Waals surface area (Å²) in [5.41, 5.74) is 1.97. The molecule has 4 atom stereocenters. The van der Waals surface area contributed by atoms with Gasteiger partial charge in [0, 0.05) is 30.0 Å². The van der Waals surface area contributed by atoms with Crippen LogP contribution in [0.2, 0.25) is 0 Å². The number of ether oxygens (including phenoxy) is 2. The van der Waals surface area contributed by atoms with Crippen LogP contribution in [0.25, 0.3) is 6.08 Å². The molecule has 10 nitrogen and oxygen atoms in total. The number of nitrogens with zero attached hydrogens (tertiary/aromatic N) is 3. The minimum atomic E-state index is -1.02. The number of carbonyl (C=O) groups excluding carboxylic acids is 3. The van der Waals surface area contributed by atoms with Crippen molar-refractivity contribution in [2.75, 3.05) is 18.1 Å². The highest BCUT2D eigenvalue weighted by Crippen LogP contribution is 2.54. The molecule has 194 valence electrons. The number of fused-ring (bicyclic) bond motifs is 6. The lowest BCUT2D eigenvalue weighted by atomic mass is 9.83. The van der Waals surface area contributed by atoms with E-state index in [4.69, 9.17) is 9.47 Å². The Morgan fingerprint density at radius 1 is 0.897 bits per heavy atom. The normalized spacial score (nSPS) is 24.3. The number of anilines is 1. The van der Waals surface area contributed by atoms with Crippen LogP contribution in [0.1, 0.15) is 27.5 Å². The van der Waals surface area contributed by atoms with E-state index in [-0.39, 0.29) is 11.3 Å². The van der Waals surface area contributed by atoms with Crippen molar-refractivity contribution in [3.05, 3.63) is 99.7 Å². The Morgan fingerprint density at radius 2 is 1.67 bits per heavy atom. The summed E-state index contributed by atoms with van der Waals surface area (Å²) in [5.74, 6) is -2.20. The summed E-state index contributed by atoms with van der Waals surface area (Å²) < 4.78 is 11.3. The van der Waals surface area contributed by atoms with Crippen molar-refractivity contribution < 1.29 is 28.8 Å². The first-order valence-corrected chi connectivity index (χ1v) is 12.5. The van der Waals surface area contributed by atoms with Crippen LogP contribution in [-0.4, -0.2) is 46.7 Å². The van der Waals surface area contributed by atoms with Gasteiger partial charge >= 0.3 is 0 Å². The van der Waals surface area contributed by atoms with Crippen molar-refractivity contribution in [2.45, 2.75) is 12.1 Å². The number of nitro groups is 1. The maximum atomic E-state index is 14.1. The van der Waals surface area contributed by atoms with E-state index < -0.39 is 46.4 Å². The molecular weight excluding hydrogens is 502 g/mol. The van der Waals surface area contributed by atoms with E-state index in [1.54, 1.807) is 29.3 Å². The predicted molar refractivity (Wildman–Crippen MR) is 138 cm³/mol. The number of ketones is 1. The van der Waals surface area contributed by atoms with Crippen molar-refractivity contribution >= 4 is 35.0 Å². The van der Waals surface area contributed by atoms with Crippen LogP contribution in [0.15, 0.2) is 72.9 Å². The number of Topliss-reactive ketones (excluding diaryl/α,β-unsaturated/α-hetero) is 1. The number of amides is 2. The molecular formula is C29H21N3O7. The van der Waals surface area contributed by atoms with Crippen LogP contribution in [0, 0.1) is 22.0 Å². The minimum absolute atomic E-state index is 0.110. The van der Waals surface area contributed by atoms with E-state index in [1.165, 1.54) is 24.3 Å². The van der Waals surface area contributed by atoms with Gasteiger partial charge in [-0.05, 0) is 29.3 Å². The fourth-order valence-corrected chi connectivity index (χ4v) is 6.23. The molecule has 4 heterocycles. The van der Waals surface area contributed by atoms with Crippen molar-refractivity contribution in [1.29, 1.82) is 0 Å². The van der Waals surface area contributed by atoms with Crippen LogP contribution in [-0.2, 0) is 9.59 Å². The first kappa shape index (κ1) is 23.2. The van der Waals surface area contributed by atoms with Gasteiger partial charge in [-0.25, -0.2) is 4.90 Å². The van der Waals surface area contributed by atoms with Crippen LogP contribution >= 0.6 is 0 Å². The number of hydrogen-bond acceptors (Lipinski definition) is 8. The largest absolute Gasteiger partial charge is 0.486 e. The monoisotopic (exact) mass is 523 g/mol. The lowest BCUT2D eigenvalue weighted by Gasteiger charge is -2.35. The summed E-state index contributed by atoms with van der Waals surface area (Å²) in [6.07, 6.45) is 3.61. The van der Waals surface area contributed by atoms with Crippen molar-refractivity contribution in [2.24, 2.45) is 11.8 Å². The highest BCUT2D eigenvalue weighted by Gasteiger charge is 2.64. The van der Waals surface area contributed by atoms with Gasteiger partial charge in [-0.3, -0.25) is 24.5 Å². The fraction of sp³-hybridized carbons (Fsp3) is 0.207. The molecule has 0 aromatic heterocycles. The van der Waals surface area contributed by atoms with Crippen molar-refractivity contribution in [3.8, 4) is 11.5 Å². The Balaban J connectivity index is 1.35. The van der Waals surface area contributed by atoms with E-state index in [0.717, 1.165) is 16.0 Å². The van der Waals surface area contributed by atoms with Crippen molar-refractivity contribution in [3.63, 3.8) is 0 Å². The van der Waals surface area contributed by atoms with Gasteiger partial charge in [0.1, 0.15) is 19.3 Å². The zero-order valence-corrected chi connectivity index (χ0v) is 20.4. The second-order valence-electron chi connectivity index (χ2n) is 9.84. The molecule has 0 N–H and O–H groups in total. The van der Waals surface area contributed by atoms with Gasteiger partial charge in [0.05, 0.1) is 28.5 Å². The Labute approximate surface area is 222 Å². The third-order valence-corrected chi connectivity index (χ3v) is 7.86. The molecule has 4 unspecified atom stereocenters. The molecule has 2 saturated heterocycles. The predicted octanol–water partition coefficient (Wildman–Crippen LogP) is 3.76. The molecule has 0 bridgehead atoms. The topological polar surface area (TPSA) is 119 Å². The average molecular weight is 524 g/mol. The van der Waals surface area contributed by atoms with E-state index in [0.29, 0.717) is 30.4 Å². The molecule has 0 radical (unpaired) electrons. The van der Waals surface area contributed by atoms with Gasteiger partial charge in [-0.1, -0.05) is 36.4 Å². The number of imide groups is 1. The SMILES string of the molecule is O=C(c1cccc([N+](=O)[O-])c1)C1C2C(=O)N(c3ccc4c(c3)OCCO4)C(=O)C2C2c3ccccc3C=CN12. The zero-order valence-electron chi connectivity index (χ0n) is 20.4. The number of benzene rings is 3. The zero-order chi connectivity index (χ0) is 26.8. The van der Waals surface area contributed by atoms with Gasteiger partial charge in [-0.2, -0.15) is 0 Å². The average Bonchev–Trinajstić information content (AvgIpc) is 3.44. The summed E-state index contributed by atoms with van der Waals surface area (Å²) >= 11 is 0. The summed E-state index contributed by atoms with van der Waals surface area (Å²) in [5, 5.41) is 11.4. The maximum absolute atomic E-state index is 14.1. The van der Waals surface area contributed by atoms with Crippen LogP contribution in [0.5, 0.6) is 11.5 Å². The third kappa shape index (κ3) is 3.37. The summed E-state index contributed by atoms with van der Waals surface area (Å²) in [6.45, 7) is 0.757. The number of non-ortho nitro benzene ring substituents is 1. The van der Waals surface area contributed by atoms with Crippen LogP contribution < -0.4 is 14.4 Å². The molecule has 0 saturated carbocycles. The third-order valence-electron chi connectivity index (χ3n) is 7.86. The molecule has 10 heteroatoms. The Morgan fingerprint density at radius 3 is 2.49 bits per heavy atom. The minimum Gasteiger partial charge on any atom is -0.486 e. The van der Waals surface area contributed by atoms with E-state index in [2.05, 4.69) is 0 Å². The molecule has 4 aliphatic heterocycles. The maximum Gasteiger partial charge on any atom is 0.270 e. The van der Waals surface area contributed by atoms with Crippen molar-refractivity contribution in [1.82, 2.24) is 4.90 Å². The molecule has 3 aromatic rings. The standard InChI is InChI=1S/C29H21N3O7/c33-27(17-5-3-6-19(14-17)32(36)37)26-24-23(25-20-7-2-1-4-16(20)10-11-30(25)26)28(34)31(29(24)35)18-8-9-21-22(15-18)39-13-12-38-21/h1-11,14-15,23-26H,12-13H2. The first-order chi connectivity index (χ1) is 18.9. The molecule has 0 aliphatic carbocycles. The molecule has 4 aliphatic rings. The summed E-state index contributed by atoms with van der Waals surface area (Å²) in [6, 6.07) is 16.4. The lowest BCUT2D eigenvalue weighted by molar-refractivity contribution is -0.384. The molecule has 2 fully saturated rings.